The van der Waals surface area contributed by atoms with Crippen molar-refractivity contribution >= 4 is 5.96 Å². The number of guanidine groups is 1. The number of benzene rings is 2. The molecule has 0 amide bonds. The molecule has 7 nitrogen and oxygen atoms in total. The van der Waals surface area contributed by atoms with Crippen LogP contribution in [0.25, 0.3) is 0 Å². The van der Waals surface area contributed by atoms with Gasteiger partial charge in [-0.05, 0) is 42.7 Å². The molecule has 1 aromatic heterocycles. The molecule has 3 aromatic rings. The second-order valence-corrected chi connectivity index (χ2v) is 7.46. The average Bonchev–Trinajstić information content (AvgIpc) is 3.25. The fraction of sp³-hybridized carbons (Fsp3) is 0.375. The van der Waals surface area contributed by atoms with Gasteiger partial charge in [-0.15, -0.1) is 10.2 Å². The predicted molar refractivity (Wildman–Crippen MR) is 124 cm³/mol. The average molecular weight is 421 g/mol. The third-order valence-corrected chi connectivity index (χ3v) is 5.24. The van der Waals surface area contributed by atoms with Gasteiger partial charge in [0, 0.05) is 19.5 Å². The summed E-state index contributed by atoms with van der Waals surface area (Å²) in [7, 11) is 1.67. The molecule has 0 saturated heterocycles. The Hall–Kier alpha value is -3.35. The van der Waals surface area contributed by atoms with Crippen molar-refractivity contribution in [1.29, 1.82) is 0 Å². The standard InChI is InChI=1S/C24H32N6O/c1-5-23-29-27-17-30(23)15-14-25-24(26-16-20-10-12-21(31-4)13-11-20)28-19(3)22-9-7-6-8-18(22)2/h6-13,17,19H,5,14-16H2,1-4H3,(H2,25,26,28). The number of rotatable bonds is 9. The highest BCUT2D eigenvalue weighted by Gasteiger charge is 2.10. The summed E-state index contributed by atoms with van der Waals surface area (Å²) in [6.45, 7) is 8.45. The van der Waals surface area contributed by atoms with Gasteiger partial charge in [0.1, 0.15) is 17.9 Å². The Morgan fingerprint density at radius 1 is 1.16 bits per heavy atom. The van der Waals surface area contributed by atoms with E-state index in [4.69, 9.17) is 9.73 Å². The van der Waals surface area contributed by atoms with Crippen molar-refractivity contribution in [3.8, 4) is 5.75 Å². The predicted octanol–water partition coefficient (Wildman–Crippen LogP) is 3.65. The zero-order valence-electron chi connectivity index (χ0n) is 18.8. The van der Waals surface area contributed by atoms with E-state index in [0.29, 0.717) is 6.54 Å². The first-order valence-corrected chi connectivity index (χ1v) is 10.7. The second-order valence-electron chi connectivity index (χ2n) is 7.46. The fourth-order valence-electron chi connectivity index (χ4n) is 3.44. The van der Waals surface area contributed by atoms with E-state index in [2.05, 4.69) is 70.4 Å². The Morgan fingerprint density at radius 3 is 2.65 bits per heavy atom. The van der Waals surface area contributed by atoms with E-state index in [1.54, 1.807) is 13.4 Å². The molecule has 0 aliphatic heterocycles. The minimum Gasteiger partial charge on any atom is -0.497 e. The Bertz CT molecular complexity index is 980. The van der Waals surface area contributed by atoms with Gasteiger partial charge >= 0.3 is 0 Å². The number of methoxy groups -OCH3 is 1. The summed E-state index contributed by atoms with van der Waals surface area (Å²) in [6, 6.07) is 16.5. The molecule has 0 bridgehead atoms. The zero-order chi connectivity index (χ0) is 22.1. The SMILES string of the molecule is CCc1nncn1CCNC(=NCc1ccc(OC)cc1)NC(C)c1ccccc1C. The monoisotopic (exact) mass is 420 g/mol. The van der Waals surface area contributed by atoms with Gasteiger partial charge in [-0.25, -0.2) is 4.99 Å². The Kier molecular flexibility index (Phi) is 8.04. The molecule has 0 radical (unpaired) electrons. The van der Waals surface area contributed by atoms with Gasteiger partial charge in [-0.1, -0.05) is 43.3 Å². The Morgan fingerprint density at radius 2 is 1.94 bits per heavy atom. The molecule has 1 atom stereocenters. The van der Waals surface area contributed by atoms with Crippen LogP contribution < -0.4 is 15.4 Å². The van der Waals surface area contributed by atoms with Crippen molar-refractivity contribution in [3.63, 3.8) is 0 Å². The van der Waals surface area contributed by atoms with Crippen molar-refractivity contribution in [2.45, 2.75) is 46.3 Å². The van der Waals surface area contributed by atoms with Crippen LogP contribution in [0.2, 0.25) is 0 Å². The molecule has 2 aromatic carbocycles. The molecule has 0 aliphatic rings. The highest BCUT2D eigenvalue weighted by molar-refractivity contribution is 5.80. The molecule has 3 rings (SSSR count). The molecule has 0 aliphatic carbocycles. The summed E-state index contributed by atoms with van der Waals surface area (Å²) < 4.78 is 7.31. The third kappa shape index (κ3) is 6.31. The van der Waals surface area contributed by atoms with E-state index in [1.807, 2.05) is 24.3 Å². The van der Waals surface area contributed by atoms with Crippen LogP contribution in [0.3, 0.4) is 0 Å². The van der Waals surface area contributed by atoms with Crippen LogP contribution in [-0.2, 0) is 19.5 Å². The van der Waals surface area contributed by atoms with E-state index < -0.39 is 0 Å². The summed E-state index contributed by atoms with van der Waals surface area (Å²) in [5, 5.41) is 15.2. The smallest absolute Gasteiger partial charge is 0.192 e. The number of hydrogen-bond acceptors (Lipinski definition) is 4. The lowest BCUT2D eigenvalue weighted by Crippen LogP contribution is -2.40. The van der Waals surface area contributed by atoms with Crippen LogP contribution in [0.15, 0.2) is 59.9 Å². The summed E-state index contributed by atoms with van der Waals surface area (Å²) in [5.41, 5.74) is 3.64. The van der Waals surface area contributed by atoms with Crippen LogP contribution in [0.5, 0.6) is 5.75 Å². The number of aliphatic imine (C=N–C) groups is 1. The summed E-state index contributed by atoms with van der Waals surface area (Å²) in [4.78, 5) is 4.82. The minimum atomic E-state index is 0.129. The number of ether oxygens (including phenoxy) is 1. The van der Waals surface area contributed by atoms with E-state index in [9.17, 15) is 0 Å². The van der Waals surface area contributed by atoms with E-state index in [0.717, 1.165) is 42.6 Å². The lowest BCUT2D eigenvalue weighted by Gasteiger charge is -2.20. The molecule has 0 fully saturated rings. The first-order chi connectivity index (χ1) is 15.1. The van der Waals surface area contributed by atoms with E-state index >= 15 is 0 Å². The van der Waals surface area contributed by atoms with Crippen LogP contribution in [0.1, 0.15) is 42.4 Å². The van der Waals surface area contributed by atoms with Crippen LogP contribution in [0.4, 0.5) is 0 Å². The molecule has 0 spiro atoms. The number of aryl methyl sites for hydroxylation is 2. The maximum atomic E-state index is 5.24. The third-order valence-electron chi connectivity index (χ3n) is 5.24. The Labute approximate surface area is 184 Å². The second kappa shape index (κ2) is 11.2. The molecule has 7 heteroatoms. The van der Waals surface area contributed by atoms with Gasteiger partial charge in [-0.3, -0.25) is 0 Å². The maximum absolute atomic E-state index is 5.24. The first-order valence-electron chi connectivity index (χ1n) is 10.7. The van der Waals surface area contributed by atoms with Crippen molar-refractivity contribution < 1.29 is 4.74 Å². The molecule has 0 saturated carbocycles. The molecule has 31 heavy (non-hydrogen) atoms. The zero-order valence-corrected chi connectivity index (χ0v) is 18.8. The lowest BCUT2D eigenvalue weighted by molar-refractivity contribution is 0.414. The molecular weight excluding hydrogens is 388 g/mol. The Balaban J connectivity index is 1.69. The van der Waals surface area contributed by atoms with Crippen LogP contribution in [0, 0.1) is 6.92 Å². The molecular formula is C24H32N6O. The largest absolute Gasteiger partial charge is 0.497 e. The minimum absolute atomic E-state index is 0.129. The molecule has 1 heterocycles. The summed E-state index contributed by atoms with van der Waals surface area (Å²) in [5.74, 6) is 2.61. The van der Waals surface area contributed by atoms with Crippen molar-refractivity contribution in [2.24, 2.45) is 4.99 Å². The molecule has 164 valence electrons. The van der Waals surface area contributed by atoms with Gasteiger partial charge in [-0.2, -0.15) is 0 Å². The first kappa shape index (κ1) is 22.3. The van der Waals surface area contributed by atoms with Crippen molar-refractivity contribution in [2.75, 3.05) is 13.7 Å². The highest BCUT2D eigenvalue weighted by Crippen LogP contribution is 2.17. The molecule has 1 unspecified atom stereocenters. The summed E-state index contributed by atoms with van der Waals surface area (Å²) in [6.07, 6.45) is 2.64. The quantitative estimate of drug-likeness (QED) is 0.408. The van der Waals surface area contributed by atoms with Gasteiger partial charge in [0.05, 0.1) is 19.7 Å². The highest BCUT2D eigenvalue weighted by atomic mass is 16.5. The van der Waals surface area contributed by atoms with Crippen LogP contribution >= 0.6 is 0 Å². The number of hydrogen-bond donors (Lipinski definition) is 2. The number of aromatic nitrogens is 3. The number of nitrogens with zero attached hydrogens (tertiary/aromatic N) is 4. The normalized spacial score (nSPS) is 12.5. The van der Waals surface area contributed by atoms with E-state index in [1.165, 1.54) is 11.1 Å². The fourth-order valence-corrected chi connectivity index (χ4v) is 3.44. The van der Waals surface area contributed by atoms with Gasteiger partial charge in [0.15, 0.2) is 5.96 Å². The summed E-state index contributed by atoms with van der Waals surface area (Å²) >= 11 is 0. The van der Waals surface area contributed by atoms with Crippen LogP contribution in [-0.4, -0.2) is 34.4 Å². The molecule has 2 N–H and O–H groups in total. The van der Waals surface area contributed by atoms with Gasteiger partial charge in [0.2, 0.25) is 0 Å². The topological polar surface area (TPSA) is 76.4 Å². The van der Waals surface area contributed by atoms with Gasteiger partial charge in [0.25, 0.3) is 0 Å². The maximum Gasteiger partial charge on any atom is 0.192 e. The van der Waals surface area contributed by atoms with Crippen molar-refractivity contribution in [3.05, 3.63) is 77.4 Å². The number of nitrogens with one attached hydrogen (secondary N) is 2. The van der Waals surface area contributed by atoms with Gasteiger partial charge < -0.3 is 19.9 Å². The van der Waals surface area contributed by atoms with E-state index in [-0.39, 0.29) is 6.04 Å². The lowest BCUT2D eigenvalue weighted by atomic mass is 10.0. The van der Waals surface area contributed by atoms with Crippen molar-refractivity contribution in [1.82, 2.24) is 25.4 Å².